The normalized spacial score (nSPS) is 23.2. The van der Waals surface area contributed by atoms with Crippen molar-refractivity contribution in [1.82, 2.24) is 0 Å². The second-order valence-electron chi connectivity index (χ2n) is 5.23. The molecule has 4 rings (SSSR count). The van der Waals surface area contributed by atoms with Crippen LogP contribution >= 0.6 is 0 Å². The summed E-state index contributed by atoms with van der Waals surface area (Å²) in [6.07, 6.45) is 10.8. The van der Waals surface area contributed by atoms with E-state index in [0.29, 0.717) is 11.1 Å². The number of ketones is 2. The van der Waals surface area contributed by atoms with Crippen LogP contribution in [-0.4, -0.2) is 11.6 Å². The summed E-state index contributed by atoms with van der Waals surface area (Å²) >= 11 is 0. The molecule has 2 heteroatoms. The molecule has 0 spiro atoms. The number of Topliss-reactive ketones (excluding diaryl/α,β-unsaturated/α-hetero) is 2. The number of hydrogen-bond donors (Lipinski definition) is 0. The average Bonchev–Trinajstić information content (AvgIpc) is 2.51. The van der Waals surface area contributed by atoms with Crippen molar-refractivity contribution in [3.63, 3.8) is 0 Å². The molecule has 0 aliphatic heterocycles. The van der Waals surface area contributed by atoms with E-state index >= 15 is 0 Å². The first-order chi connectivity index (χ1) is 9.77. The Morgan fingerprint density at radius 2 is 1.75 bits per heavy atom. The predicted molar refractivity (Wildman–Crippen MR) is 77.2 cm³/mol. The van der Waals surface area contributed by atoms with Gasteiger partial charge in [0.25, 0.3) is 0 Å². The molecule has 0 bridgehead atoms. The van der Waals surface area contributed by atoms with Crippen molar-refractivity contribution < 1.29 is 9.59 Å². The van der Waals surface area contributed by atoms with E-state index in [2.05, 4.69) is 6.08 Å². The Morgan fingerprint density at radius 3 is 2.60 bits per heavy atom. The Labute approximate surface area is 116 Å². The quantitative estimate of drug-likeness (QED) is 0.671. The van der Waals surface area contributed by atoms with E-state index in [1.54, 1.807) is 6.07 Å². The first-order valence-electron chi connectivity index (χ1n) is 6.74. The highest BCUT2D eigenvalue weighted by molar-refractivity contribution is 6.52. The lowest BCUT2D eigenvalue weighted by molar-refractivity contribution is -0.112. The van der Waals surface area contributed by atoms with Gasteiger partial charge in [-0.25, -0.2) is 0 Å². The fourth-order valence-corrected chi connectivity index (χ4v) is 3.25. The zero-order valence-corrected chi connectivity index (χ0v) is 10.8. The summed E-state index contributed by atoms with van der Waals surface area (Å²) < 4.78 is 0. The lowest BCUT2D eigenvalue weighted by atomic mass is 9.71. The van der Waals surface area contributed by atoms with Crippen LogP contribution in [0.5, 0.6) is 0 Å². The summed E-state index contributed by atoms with van der Waals surface area (Å²) in [7, 11) is 0. The van der Waals surface area contributed by atoms with Crippen LogP contribution < -0.4 is 0 Å². The smallest absolute Gasteiger partial charge is 0.233 e. The molecule has 1 aromatic rings. The van der Waals surface area contributed by atoms with E-state index in [-0.39, 0.29) is 17.5 Å². The average molecular weight is 260 g/mol. The topological polar surface area (TPSA) is 34.1 Å². The van der Waals surface area contributed by atoms with E-state index < -0.39 is 0 Å². The first kappa shape index (κ1) is 11.4. The summed E-state index contributed by atoms with van der Waals surface area (Å²) in [5.74, 6) is -0.772. The van der Waals surface area contributed by atoms with Crippen LogP contribution in [0, 0.1) is 5.92 Å². The van der Waals surface area contributed by atoms with Gasteiger partial charge >= 0.3 is 0 Å². The standard InChI is InChI=1S/C18H12O2/c19-17-15-8-4-3-7-13(15)14-10-9-11-5-1-2-6-12(11)16(14)18(17)20/h1-9,12H,10H2. The minimum atomic E-state index is -0.372. The summed E-state index contributed by atoms with van der Waals surface area (Å²) in [6, 6.07) is 7.41. The zero-order chi connectivity index (χ0) is 13.7. The number of fused-ring (bicyclic) bond motifs is 4. The highest BCUT2D eigenvalue weighted by atomic mass is 16.2. The Balaban J connectivity index is 1.98. The van der Waals surface area contributed by atoms with Gasteiger partial charge in [0, 0.05) is 17.1 Å². The minimum absolute atomic E-state index is 0.0615. The number of allylic oxidation sites excluding steroid dienone is 8. The molecule has 1 unspecified atom stereocenters. The molecular formula is C18H12O2. The van der Waals surface area contributed by atoms with Gasteiger partial charge in [-0.3, -0.25) is 9.59 Å². The van der Waals surface area contributed by atoms with E-state index in [1.807, 2.05) is 42.5 Å². The largest absolute Gasteiger partial charge is 0.285 e. The summed E-state index contributed by atoms with van der Waals surface area (Å²) in [5.41, 5.74) is 4.27. The summed E-state index contributed by atoms with van der Waals surface area (Å²) in [5, 5.41) is 0. The second-order valence-corrected chi connectivity index (χ2v) is 5.23. The third-order valence-electron chi connectivity index (χ3n) is 4.19. The van der Waals surface area contributed by atoms with E-state index in [9.17, 15) is 9.59 Å². The molecule has 0 saturated heterocycles. The van der Waals surface area contributed by atoms with Crippen molar-refractivity contribution in [3.05, 3.63) is 76.9 Å². The molecule has 0 N–H and O–H groups in total. The molecule has 3 aliphatic carbocycles. The SMILES string of the molecule is O=C1C(=O)c2ccccc2C2=C1C1C=CC=CC1=CC2. The lowest BCUT2D eigenvalue weighted by Gasteiger charge is -2.30. The number of carbonyl (C=O) groups excluding carboxylic acids is 2. The number of hydrogen-bond acceptors (Lipinski definition) is 2. The Bertz CT molecular complexity index is 772. The molecule has 0 aromatic heterocycles. The van der Waals surface area contributed by atoms with Crippen LogP contribution in [0.2, 0.25) is 0 Å². The molecule has 0 radical (unpaired) electrons. The van der Waals surface area contributed by atoms with Gasteiger partial charge < -0.3 is 0 Å². The first-order valence-corrected chi connectivity index (χ1v) is 6.74. The fraction of sp³-hybridized carbons (Fsp3) is 0.111. The predicted octanol–water partition coefficient (Wildman–Crippen LogP) is 3.28. The fourth-order valence-electron chi connectivity index (χ4n) is 3.25. The third kappa shape index (κ3) is 1.39. The van der Waals surface area contributed by atoms with Gasteiger partial charge in [0.15, 0.2) is 0 Å². The molecule has 3 aliphatic rings. The van der Waals surface area contributed by atoms with Gasteiger partial charge in [0.05, 0.1) is 0 Å². The van der Waals surface area contributed by atoms with Crippen LogP contribution in [0.4, 0.5) is 0 Å². The minimum Gasteiger partial charge on any atom is -0.285 e. The van der Waals surface area contributed by atoms with Gasteiger partial charge in [-0.2, -0.15) is 0 Å². The maximum Gasteiger partial charge on any atom is 0.233 e. The van der Waals surface area contributed by atoms with E-state index in [1.165, 1.54) is 0 Å². The van der Waals surface area contributed by atoms with Crippen molar-refractivity contribution in [3.8, 4) is 0 Å². The van der Waals surface area contributed by atoms with E-state index in [0.717, 1.165) is 23.1 Å². The molecule has 20 heavy (non-hydrogen) atoms. The van der Waals surface area contributed by atoms with Crippen LogP contribution in [0.3, 0.4) is 0 Å². The van der Waals surface area contributed by atoms with Crippen LogP contribution in [0.25, 0.3) is 5.57 Å². The number of carbonyl (C=O) groups is 2. The molecule has 1 aromatic carbocycles. The molecule has 2 nitrogen and oxygen atoms in total. The summed E-state index contributed by atoms with van der Waals surface area (Å²) in [6.45, 7) is 0. The van der Waals surface area contributed by atoms with Crippen molar-refractivity contribution in [2.24, 2.45) is 5.92 Å². The van der Waals surface area contributed by atoms with E-state index in [4.69, 9.17) is 0 Å². The second kappa shape index (κ2) is 4.01. The molecule has 0 saturated carbocycles. The summed E-state index contributed by atoms with van der Waals surface area (Å²) in [4.78, 5) is 24.8. The van der Waals surface area contributed by atoms with Gasteiger partial charge in [-0.05, 0) is 23.1 Å². The maximum absolute atomic E-state index is 12.5. The molecule has 0 amide bonds. The van der Waals surface area contributed by atoms with Crippen molar-refractivity contribution in [1.29, 1.82) is 0 Å². The van der Waals surface area contributed by atoms with Gasteiger partial charge in [0.2, 0.25) is 11.6 Å². The third-order valence-corrected chi connectivity index (χ3v) is 4.19. The lowest BCUT2D eigenvalue weighted by Crippen LogP contribution is -2.29. The van der Waals surface area contributed by atoms with Crippen LogP contribution in [-0.2, 0) is 4.79 Å². The molecule has 96 valence electrons. The van der Waals surface area contributed by atoms with Crippen molar-refractivity contribution in [2.75, 3.05) is 0 Å². The highest BCUT2D eigenvalue weighted by Gasteiger charge is 2.37. The Morgan fingerprint density at radius 1 is 0.950 bits per heavy atom. The molecule has 0 heterocycles. The van der Waals surface area contributed by atoms with Crippen LogP contribution in [0.1, 0.15) is 22.3 Å². The van der Waals surface area contributed by atoms with Gasteiger partial charge in [0.1, 0.15) is 0 Å². The zero-order valence-electron chi connectivity index (χ0n) is 10.8. The highest BCUT2D eigenvalue weighted by Crippen LogP contribution is 2.42. The van der Waals surface area contributed by atoms with Crippen LogP contribution in [0.15, 0.2) is 65.8 Å². The Kier molecular flexibility index (Phi) is 2.27. The van der Waals surface area contributed by atoms with Crippen molar-refractivity contribution in [2.45, 2.75) is 6.42 Å². The molecule has 0 fully saturated rings. The number of rotatable bonds is 0. The molecular weight excluding hydrogens is 248 g/mol. The maximum atomic E-state index is 12.5. The molecule has 1 atom stereocenters. The Hall–Kier alpha value is -2.48. The number of benzene rings is 1. The van der Waals surface area contributed by atoms with Gasteiger partial charge in [-0.1, -0.05) is 54.6 Å². The van der Waals surface area contributed by atoms with Gasteiger partial charge in [-0.15, -0.1) is 0 Å². The monoisotopic (exact) mass is 260 g/mol. The van der Waals surface area contributed by atoms with Crippen molar-refractivity contribution >= 4 is 17.1 Å².